The molecule has 2 aromatic carbocycles. The van der Waals surface area contributed by atoms with Crippen molar-refractivity contribution in [2.24, 2.45) is 0 Å². The van der Waals surface area contributed by atoms with Gasteiger partial charge in [-0.15, -0.1) is 0 Å². The van der Waals surface area contributed by atoms with Crippen LogP contribution in [-0.2, 0) is 43.9 Å². The number of hydrogen-bond donors (Lipinski definition) is 0. The van der Waals surface area contributed by atoms with Gasteiger partial charge >= 0.3 is 6.09 Å². The Kier molecular flexibility index (Phi) is 7.87. The second kappa shape index (κ2) is 9.70. The van der Waals surface area contributed by atoms with Gasteiger partial charge in [-0.3, -0.25) is 0 Å². The summed E-state index contributed by atoms with van der Waals surface area (Å²) in [6.07, 6.45) is 0.717. The van der Waals surface area contributed by atoms with E-state index in [1.54, 1.807) is 4.90 Å². The number of benzene rings is 2. The van der Waals surface area contributed by atoms with Crippen LogP contribution in [0.3, 0.4) is 0 Å². The number of amides is 1. The molecule has 0 aliphatic carbocycles. The maximum Gasteiger partial charge on any atom is 0.410 e. The SMILES string of the molecule is CC(C)(C)OC(=O)N1CCN(c2ccc(Cc3cc[c-]cc3)cc2)CC1.[Y]. The number of hydrogen-bond acceptors (Lipinski definition) is 3. The third-order valence-electron chi connectivity index (χ3n) is 4.43. The fourth-order valence-corrected chi connectivity index (χ4v) is 3.07. The number of carbonyl (C=O) groups is 1. The molecule has 5 heteroatoms. The molecule has 27 heavy (non-hydrogen) atoms. The van der Waals surface area contributed by atoms with E-state index in [0.29, 0.717) is 13.1 Å². The average Bonchev–Trinajstić information content (AvgIpc) is 2.62. The van der Waals surface area contributed by atoms with E-state index in [4.69, 9.17) is 4.74 Å². The van der Waals surface area contributed by atoms with Crippen LogP contribution in [0.15, 0.2) is 48.5 Å². The van der Waals surface area contributed by atoms with Crippen LogP contribution >= 0.6 is 0 Å². The van der Waals surface area contributed by atoms with Crippen LogP contribution in [-0.4, -0.2) is 42.8 Å². The smallest absolute Gasteiger partial charge is 0.410 e. The van der Waals surface area contributed by atoms with Gasteiger partial charge in [-0.2, -0.15) is 35.9 Å². The normalized spacial score (nSPS) is 14.5. The molecule has 141 valence electrons. The molecule has 0 spiro atoms. The summed E-state index contributed by atoms with van der Waals surface area (Å²) in [7, 11) is 0. The Morgan fingerprint density at radius 1 is 0.963 bits per heavy atom. The zero-order valence-electron chi connectivity index (χ0n) is 16.4. The average molecular weight is 440 g/mol. The maximum atomic E-state index is 12.2. The van der Waals surface area contributed by atoms with Crippen LogP contribution in [0.1, 0.15) is 31.9 Å². The Bertz CT molecular complexity index is 718. The van der Waals surface area contributed by atoms with Crippen molar-refractivity contribution in [1.29, 1.82) is 0 Å². The van der Waals surface area contributed by atoms with Crippen molar-refractivity contribution < 1.29 is 42.2 Å². The Morgan fingerprint density at radius 3 is 2.07 bits per heavy atom. The Labute approximate surface area is 187 Å². The van der Waals surface area contributed by atoms with Gasteiger partial charge in [-0.05, 0) is 44.9 Å². The van der Waals surface area contributed by atoms with Gasteiger partial charge in [-0.1, -0.05) is 12.1 Å². The summed E-state index contributed by atoms with van der Waals surface area (Å²) in [6, 6.07) is 19.9. The number of carbonyl (C=O) groups excluding carboxylic acids is 1. The minimum atomic E-state index is -0.444. The van der Waals surface area contributed by atoms with Gasteiger partial charge in [0.05, 0.1) is 0 Å². The molecule has 4 nitrogen and oxygen atoms in total. The van der Waals surface area contributed by atoms with Gasteiger partial charge in [0.25, 0.3) is 0 Å². The molecule has 0 bridgehead atoms. The molecule has 1 radical (unpaired) electrons. The van der Waals surface area contributed by atoms with Crippen LogP contribution in [0.5, 0.6) is 0 Å². The first-order valence-electron chi connectivity index (χ1n) is 9.17. The molecule has 1 aliphatic rings. The Morgan fingerprint density at radius 2 is 1.52 bits per heavy atom. The Hall–Kier alpha value is -1.39. The minimum Gasteiger partial charge on any atom is -0.444 e. The molecule has 0 saturated carbocycles. The zero-order valence-corrected chi connectivity index (χ0v) is 19.3. The molecule has 1 amide bonds. The van der Waals surface area contributed by atoms with Crippen molar-refractivity contribution in [3.63, 3.8) is 0 Å². The van der Waals surface area contributed by atoms with E-state index in [1.165, 1.54) is 16.8 Å². The molecular formula is C22H27N2O2Y-. The van der Waals surface area contributed by atoms with Crippen molar-refractivity contribution in [3.8, 4) is 0 Å². The van der Waals surface area contributed by atoms with Gasteiger partial charge in [0.15, 0.2) is 0 Å². The molecule has 1 saturated heterocycles. The van der Waals surface area contributed by atoms with Crippen LogP contribution < -0.4 is 4.90 Å². The van der Waals surface area contributed by atoms with Crippen LogP contribution in [0, 0.1) is 6.07 Å². The quantitative estimate of drug-likeness (QED) is 0.673. The van der Waals surface area contributed by atoms with Crippen molar-refractivity contribution in [1.82, 2.24) is 4.90 Å². The molecule has 1 fully saturated rings. The van der Waals surface area contributed by atoms with E-state index in [2.05, 4.69) is 47.4 Å². The van der Waals surface area contributed by atoms with Crippen molar-refractivity contribution in [2.75, 3.05) is 31.1 Å². The molecular weight excluding hydrogens is 413 g/mol. The number of rotatable bonds is 3. The third kappa shape index (κ3) is 6.62. The first-order valence-corrected chi connectivity index (χ1v) is 9.17. The fraction of sp³-hybridized carbons (Fsp3) is 0.409. The largest absolute Gasteiger partial charge is 0.444 e. The van der Waals surface area contributed by atoms with E-state index in [-0.39, 0.29) is 38.8 Å². The van der Waals surface area contributed by atoms with E-state index in [1.807, 2.05) is 32.9 Å². The van der Waals surface area contributed by atoms with Crippen LogP contribution in [0.4, 0.5) is 10.5 Å². The molecule has 0 atom stereocenters. The van der Waals surface area contributed by atoms with Crippen molar-refractivity contribution >= 4 is 11.8 Å². The van der Waals surface area contributed by atoms with E-state index < -0.39 is 5.60 Å². The third-order valence-corrected chi connectivity index (χ3v) is 4.43. The fourth-order valence-electron chi connectivity index (χ4n) is 3.07. The first kappa shape index (κ1) is 21.9. The van der Waals surface area contributed by atoms with Gasteiger partial charge in [-0.25, -0.2) is 4.79 Å². The zero-order chi connectivity index (χ0) is 18.6. The van der Waals surface area contributed by atoms with Gasteiger partial charge in [0.1, 0.15) is 5.60 Å². The Balaban J connectivity index is 0.00000261. The molecule has 1 heterocycles. The topological polar surface area (TPSA) is 32.8 Å². The molecule has 1 aliphatic heterocycles. The molecule has 0 N–H and O–H groups in total. The number of piperazine rings is 1. The number of nitrogens with zero attached hydrogens (tertiary/aromatic N) is 2. The monoisotopic (exact) mass is 440 g/mol. The van der Waals surface area contributed by atoms with E-state index in [9.17, 15) is 4.79 Å². The summed E-state index contributed by atoms with van der Waals surface area (Å²) in [5, 5.41) is 0. The second-order valence-electron chi connectivity index (χ2n) is 7.71. The minimum absolute atomic E-state index is 0. The van der Waals surface area contributed by atoms with Crippen molar-refractivity contribution in [3.05, 3.63) is 65.7 Å². The maximum absolute atomic E-state index is 12.2. The summed E-state index contributed by atoms with van der Waals surface area (Å²) in [5.74, 6) is 0. The molecule has 3 rings (SSSR count). The summed E-state index contributed by atoms with van der Waals surface area (Å²) in [4.78, 5) is 16.3. The summed E-state index contributed by atoms with van der Waals surface area (Å²) in [6.45, 7) is 8.73. The van der Waals surface area contributed by atoms with Gasteiger partial charge in [0.2, 0.25) is 0 Å². The van der Waals surface area contributed by atoms with E-state index in [0.717, 1.165) is 19.5 Å². The second-order valence-corrected chi connectivity index (χ2v) is 7.71. The van der Waals surface area contributed by atoms with Crippen LogP contribution in [0.25, 0.3) is 0 Å². The number of anilines is 1. The first-order chi connectivity index (χ1) is 12.4. The predicted octanol–water partition coefficient (Wildman–Crippen LogP) is 4.13. The number of ether oxygens (including phenoxy) is 1. The summed E-state index contributed by atoms with van der Waals surface area (Å²) in [5.41, 5.74) is 3.36. The van der Waals surface area contributed by atoms with E-state index >= 15 is 0 Å². The van der Waals surface area contributed by atoms with Crippen molar-refractivity contribution in [2.45, 2.75) is 32.8 Å². The summed E-state index contributed by atoms with van der Waals surface area (Å²) < 4.78 is 5.46. The van der Waals surface area contributed by atoms with Gasteiger partial charge in [0, 0.05) is 64.6 Å². The standard InChI is InChI=1S/C22H27N2O2.Y/c1-22(2,3)26-21(25)24-15-13-23(14-16-24)20-11-9-19(10-12-20)17-18-7-5-4-6-8-18;/h5-12H,13-17H2,1-3H3;/q-1;. The van der Waals surface area contributed by atoms with Crippen LogP contribution in [0.2, 0.25) is 0 Å². The molecule has 2 aromatic rings. The van der Waals surface area contributed by atoms with Gasteiger partial charge < -0.3 is 14.5 Å². The molecule has 0 unspecified atom stereocenters. The molecule has 0 aromatic heterocycles. The summed E-state index contributed by atoms with van der Waals surface area (Å²) >= 11 is 0. The predicted molar refractivity (Wildman–Crippen MR) is 105 cm³/mol.